The van der Waals surface area contributed by atoms with Crippen LogP contribution in [0.25, 0.3) is 0 Å². The summed E-state index contributed by atoms with van der Waals surface area (Å²) in [6, 6.07) is 13.8. The summed E-state index contributed by atoms with van der Waals surface area (Å²) in [6.45, 7) is 8.35. The third-order valence-corrected chi connectivity index (χ3v) is 6.75. The summed E-state index contributed by atoms with van der Waals surface area (Å²) in [5.74, 6) is 0.188. The molecule has 2 aliphatic rings. The lowest BCUT2D eigenvalue weighted by molar-refractivity contribution is -0.118. The van der Waals surface area contributed by atoms with Gasteiger partial charge in [-0.2, -0.15) is 0 Å². The summed E-state index contributed by atoms with van der Waals surface area (Å²) in [7, 11) is 0. The second-order valence-corrected chi connectivity index (χ2v) is 10.2. The number of nitroso groups, excluding NO2 is 1. The molecule has 0 aromatic heterocycles. The summed E-state index contributed by atoms with van der Waals surface area (Å²) in [6.07, 6.45) is 1.81. The molecule has 6 nitrogen and oxygen atoms in total. The number of hydrogen-bond donors (Lipinski definition) is 2. The van der Waals surface area contributed by atoms with Crippen LogP contribution in [0.4, 0.5) is 11.4 Å². The molecule has 2 amide bonds. The van der Waals surface area contributed by atoms with Crippen LogP contribution in [0.3, 0.4) is 0 Å². The first-order chi connectivity index (χ1) is 14.6. The van der Waals surface area contributed by atoms with Gasteiger partial charge in [-0.3, -0.25) is 9.59 Å². The van der Waals surface area contributed by atoms with Crippen LogP contribution in [0, 0.1) is 27.6 Å². The Morgan fingerprint density at radius 1 is 0.774 bits per heavy atom. The molecule has 2 N–H and O–H groups in total. The van der Waals surface area contributed by atoms with Crippen molar-refractivity contribution in [3.8, 4) is 0 Å². The van der Waals surface area contributed by atoms with Gasteiger partial charge in [-0.05, 0) is 59.1 Å². The Hall–Kier alpha value is -3.02. The van der Waals surface area contributed by atoms with E-state index in [1.54, 1.807) is 24.3 Å². The Labute approximate surface area is 182 Å². The van der Waals surface area contributed by atoms with Crippen LogP contribution in [0.1, 0.15) is 57.7 Å². The van der Waals surface area contributed by atoms with Crippen molar-refractivity contribution in [3.63, 3.8) is 0 Å². The molecule has 2 aliphatic carbocycles. The lowest BCUT2D eigenvalue weighted by Gasteiger charge is -2.13. The van der Waals surface area contributed by atoms with E-state index in [1.807, 2.05) is 24.3 Å². The number of nitrogens with zero attached hydrogens (tertiary/aromatic N) is 1. The first-order valence-electron chi connectivity index (χ1n) is 10.7. The molecule has 2 atom stereocenters. The van der Waals surface area contributed by atoms with Gasteiger partial charge in [-0.15, -0.1) is 4.91 Å². The average molecular weight is 420 g/mol. The number of nitrogens with one attached hydrogen (secondary N) is 2. The van der Waals surface area contributed by atoms with Crippen molar-refractivity contribution >= 4 is 23.2 Å². The molecule has 0 saturated heterocycles. The molecule has 0 heterocycles. The van der Waals surface area contributed by atoms with E-state index in [2.05, 4.69) is 43.5 Å². The summed E-state index contributed by atoms with van der Waals surface area (Å²) in [5, 5.41) is 9.18. The fraction of sp³-hybridized carbons (Fsp3) is 0.440. The van der Waals surface area contributed by atoms with E-state index in [0.717, 1.165) is 24.0 Å². The normalized spacial score (nSPS) is 23.4. The second-order valence-electron chi connectivity index (χ2n) is 10.2. The number of amides is 2. The van der Waals surface area contributed by atoms with E-state index in [4.69, 9.17) is 0 Å². The minimum atomic E-state index is -0.653. The van der Waals surface area contributed by atoms with Gasteiger partial charge < -0.3 is 10.6 Å². The Kier molecular flexibility index (Phi) is 5.20. The molecule has 0 spiro atoms. The molecule has 4 rings (SSSR count). The predicted molar refractivity (Wildman–Crippen MR) is 122 cm³/mol. The Bertz CT molecular complexity index is 930. The maximum Gasteiger partial charge on any atom is 0.228 e. The lowest BCUT2D eigenvalue weighted by Crippen LogP contribution is -2.16. The molecule has 2 unspecified atom stereocenters. The van der Waals surface area contributed by atoms with E-state index in [0.29, 0.717) is 11.4 Å². The topological polar surface area (TPSA) is 87.6 Å². The van der Waals surface area contributed by atoms with E-state index in [9.17, 15) is 14.5 Å². The van der Waals surface area contributed by atoms with Gasteiger partial charge in [0.1, 0.15) is 6.04 Å². The summed E-state index contributed by atoms with van der Waals surface area (Å²) in [4.78, 5) is 36.1. The molecule has 31 heavy (non-hydrogen) atoms. The van der Waals surface area contributed by atoms with Crippen molar-refractivity contribution < 1.29 is 9.59 Å². The quantitative estimate of drug-likeness (QED) is 0.580. The molecule has 162 valence electrons. The molecule has 2 saturated carbocycles. The fourth-order valence-electron chi connectivity index (χ4n) is 4.10. The lowest BCUT2D eigenvalue weighted by atomic mass is 9.99. The molecule has 2 fully saturated rings. The van der Waals surface area contributed by atoms with Crippen LogP contribution in [0.5, 0.6) is 0 Å². The van der Waals surface area contributed by atoms with Gasteiger partial charge in [-0.25, -0.2) is 0 Å². The van der Waals surface area contributed by atoms with Gasteiger partial charge in [0, 0.05) is 23.2 Å². The van der Waals surface area contributed by atoms with Crippen molar-refractivity contribution in [1.82, 2.24) is 0 Å². The summed E-state index contributed by atoms with van der Waals surface area (Å²) in [5.41, 5.74) is 3.07. The largest absolute Gasteiger partial charge is 0.326 e. The zero-order valence-corrected chi connectivity index (χ0v) is 18.4. The van der Waals surface area contributed by atoms with Gasteiger partial charge >= 0.3 is 0 Å². The van der Waals surface area contributed by atoms with Crippen LogP contribution in [0.2, 0.25) is 0 Å². The Morgan fingerprint density at radius 2 is 1.10 bits per heavy atom. The molecule has 6 heteroatoms. The number of hydrogen-bond acceptors (Lipinski definition) is 4. The van der Waals surface area contributed by atoms with Gasteiger partial charge in [0.2, 0.25) is 11.8 Å². The second kappa shape index (κ2) is 7.59. The highest BCUT2D eigenvalue weighted by atomic mass is 16.3. The SMILES string of the molecule is CC1(C)CC1C(=O)Nc1ccc(C(N=O)c2ccc(NC(=O)C3CC3(C)C)cc2)cc1. The highest BCUT2D eigenvalue weighted by Crippen LogP contribution is 2.52. The summed E-state index contributed by atoms with van der Waals surface area (Å²) >= 11 is 0. The smallest absolute Gasteiger partial charge is 0.228 e. The van der Waals surface area contributed by atoms with E-state index in [1.165, 1.54) is 0 Å². The van der Waals surface area contributed by atoms with Gasteiger partial charge in [0.25, 0.3) is 0 Å². The van der Waals surface area contributed by atoms with Crippen molar-refractivity contribution in [2.75, 3.05) is 10.6 Å². The Balaban J connectivity index is 1.39. The molecule has 0 aliphatic heterocycles. The highest BCUT2D eigenvalue weighted by Gasteiger charge is 2.51. The van der Waals surface area contributed by atoms with Crippen molar-refractivity contribution in [1.29, 1.82) is 0 Å². The average Bonchev–Trinajstić information content (AvgIpc) is 3.58. The number of carbonyl (C=O) groups is 2. The monoisotopic (exact) mass is 419 g/mol. The highest BCUT2D eigenvalue weighted by molar-refractivity contribution is 5.95. The van der Waals surface area contributed by atoms with Crippen molar-refractivity contribution in [3.05, 3.63) is 64.6 Å². The molecular weight excluding hydrogens is 390 g/mol. The predicted octanol–water partition coefficient (Wildman–Crippen LogP) is 5.51. The number of rotatable bonds is 7. The number of benzene rings is 2. The van der Waals surface area contributed by atoms with Crippen molar-refractivity contribution in [2.45, 2.75) is 46.6 Å². The van der Waals surface area contributed by atoms with Crippen LogP contribution in [0.15, 0.2) is 53.7 Å². The van der Waals surface area contributed by atoms with E-state index >= 15 is 0 Å². The minimum Gasteiger partial charge on any atom is -0.326 e. The standard InChI is InChI=1S/C25H29N3O3/c1-24(2)13-19(24)22(29)26-17-9-5-15(6-10-17)21(28-31)16-7-11-18(12-8-16)27-23(30)20-14-25(20,3)4/h5-12,19-21H,13-14H2,1-4H3,(H,26,29)(H,27,30). The maximum absolute atomic E-state index is 12.3. The third-order valence-electron chi connectivity index (χ3n) is 6.75. The molecule has 0 radical (unpaired) electrons. The third kappa shape index (κ3) is 4.53. The minimum absolute atomic E-state index is 0.0371. The zero-order chi connectivity index (χ0) is 22.4. The molecule has 2 aromatic rings. The first kappa shape index (κ1) is 21.2. The fourth-order valence-corrected chi connectivity index (χ4v) is 4.10. The maximum atomic E-state index is 12.3. The van der Waals surface area contributed by atoms with Gasteiger partial charge in [0.05, 0.1) is 0 Å². The first-order valence-corrected chi connectivity index (χ1v) is 10.7. The summed E-state index contributed by atoms with van der Waals surface area (Å²) < 4.78 is 0. The van der Waals surface area contributed by atoms with E-state index in [-0.39, 0.29) is 34.5 Å². The molecular formula is C25H29N3O3. The van der Waals surface area contributed by atoms with Crippen molar-refractivity contribution in [2.24, 2.45) is 27.8 Å². The molecule has 0 bridgehead atoms. The Morgan fingerprint density at radius 3 is 1.35 bits per heavy atom. The molecule has 2 aromatic carbocycles. The van der Waals surface area contributed by atoms with Gasteiger partial charge in [0.15, 0.2) is 0 Å². The van der Waals surface area contributed by atoms with E-state index < -0.39 is 6.04 Å². The van der Waals surface area contributed by atoms with Crippen LogP contribution in [-0.4, -0.2) is 11.8 Å². The van der Waals surface area contributed by atoms with Crippen LogP contribution >= 0.6 is 0 Å². The van der Waals surface area contributed by atoms with Crippen LogP contribution < -0.4 is 10.6 Å². The zero-order valence-electron chi connectivity index (χ0n) is 18.4. The number of carbonyl (C=O) groups excluding carboxylic acids is 2. The van der Waals surface area contributed by atoms with Gasteiger partial charge in [-0.1, -0.05) is 57.1 Å². The van der Waals surface area contributed by atoms with Crippen LogP contribution in [-0.2, 0) is 9.59 Å². The number of anilines is 2.